The highest BCUT2D eigenvalue weighted by Crippen LogP contribution is 2.27. The van der Waals surface area contributed by atoms with E-state index in [4.69, 9.17) is 4.74 Å². The van der Waals surface area contributed by atoms with E-state index in [1.165, 1.54) is 0 Å². The average molecular weight is 428 g/mol. The van der Waals surface area contributed by atoms with Gasteiger partial charge in [0.1, 0.15) is 5.60 Å². The van der Waals surface area contributed by atoms with E-state index >= 15 is 0 Å². The number of carbonyl (C=O) groups excluding carboxylic acids is 2. The van der Waals surface area contributed by atoms with Crippen molar-refractivity contribution in [1.82, 2.24) is 15.1 Å². The van der Waals surface area contributed by atoms with Crippen molar-refractivity contribution >= 4 is 23.6 Å². The summed E-state index contributed by atoms with van der Waals surface area (Å²) in [5, 5.41) is 6.47. The average Bonchev–Trinajstić information content (AvgIpc) is 3.06. The molecule has 2 heterocycles. The number of fused-ring (bicyclic) bond motifs is 1. The van der Waals surface area contributed by atoms with Crippen molar-refractivity contribution in [1.29, 1.82) is 0 Å². The first-order chi connectivity index (χ1) is 14.8. The van der Waals surface area contributed by atoms with Gasteiger partial charge in [-0.15, -0.1) is 0 Å². The zero-order valence-electron chi connectivity index (χ0n) is 18.7. The molecular weight excluding hydrogens is 394 g/mol. The zero-order valence-corrected chi connectivity index (χ0v) is 18.7. The minimum Gasteiger partial charge on any atom is -0.444 e. The van der Waals surface area contributed by atoms with Crippen molar-refractivity contribution in [2.45, 2.75) is 58.2 Å². The molecule has 31 heavy (non-hydrogen) atoms. The van der Waals surface area contributed by atoms with E-state index in [2.05, 4.69) is 20.5 Å². The van der Waals surface area contributed by atoms with Crippen molar-refractivity contribution in [2.24, 2.45) is 10.9 Å². The van der Waals surface area contributed by atoms with Gasteiger partial charge in [-0.3, -0.25) is 9.79 Å². The van der Waals surface area contributed by atoms with Gasteiger partial charge in [-0.05, 0) is 51.3 Å². The number of piperazine rings is 1. The van der Waals surface area contributed by atoms with Crippen molar-refractivity contribution in [3.8, 4) is 0 Å². The summed E-state index contributed by atoms with van der Waals surface area (Å²) >= 11 is 0. The molecule has 0 radical (unpaired) electrons. The maximum absolute atomic E-state index is 12.4. The van der Waals surface area contributed by atoms with Gasteiger partial charge < -0.3 is 25.2 Å². The van der Waals surface area contributed by atoms with E-state index in [1.807, 2.05) is 45.0 Å². The second-order valence-corrected chi connectivity index (χ2v) is 9.61. The second-order valence-electron chi connectivity index (χ2n) is 9.61. The number of ether oxygens (including phenoxy) is 1. The fraction of sp³-hybridized carbons (Fsp3) is 0.609. The number of hydrogen-bond donors (Lipinski definition) is 2. The number of rotatable bonds is 4. The summed E-state index contributed by atoms with van der Waals surface area (Å²) < 4.78 is 5.51. The Morgan fingerprint density at radius 1 is 1.23 bits per heavy atom. The topological polar surface area (TPSA) is 86.3 Å². The van der Waals surface area contributed by atoms with Crippen LogP contribution < -0.4 is 10.6 Å². The first-order valence-corrected chi connectivity index (χ1v) is 11.2. The molecule has 1 aliphatic carbocycles. The quantitative estimate of drug-likeness (QED) is 0.772. The van der Waals surface area contributed by atoms with Gasteiger partial charge in [-0.25, -0.2) is 4.79 Å². The molecule has 1 aromatic carbocycles. The smallest absolute Gasteiger partial charge is 0.410 e. The summed E-state index contributed by atoms with van der Waals surface area (Å²) in [5.74, 6) is 1.17. The SMILES string of the molecule is CC(C)(C)OC(=O)N1CCN2C(NCc3cccc(NC(=O)C4CCC4)c3)=NCC2C1. The van der Waals surface area contributed by atoms with E-state index in [9.17, 15) is 9.59 Å². The number of hydrogen-bond acceptors (Lipinski definition) is 6. The van der Waals surface area contributed by atoms with Crippen LogP contribution in [0.2, 0.25) is 0 Å². The summed E-state index contributed by atoms with van der Waals surface area (Å²) in [6, 6.07) is 8.12. The highest BCUT2D eigenvalue weighted by molar-refractivity contribution is 5.93. The molecule has 8 heteroatoms. The lowest BCUT2D eigenvalue weighted by Gasteiger charge is -2.39. The maximum atomic E-state index is 12.4. The fourth-order valence-electron chi connectivity index (χ4n) is 4.08. The lowest BCUT2D eigenvalue weighted by atomic mass is 9.85. The van der Waals surface area contributed by atoms with E-state index < -0.39 is 5.60 Å². The normalized spacial score (nSPS) is 21.1. The number of benzene rings is 1. The maximum Gasteiger partial charge on any atom is 0.410 e. The van der Waals surface area contributed by atoms with Crippen LogP contribution in [0.15, 0.2) is 29.3 Å². The molecule has 2 N–H and O–H groups in total. The van der Waals surface area contributed by atoms with Crippen molar-refractivity contribution in [3.05, 3.63) is 29.8 Å². The van der Waals surface area contributed by atoms with Gasteiger partial charge in [-0.1, -0.05) is 18.6 Å². The van der Waals surface area contributed by atoms with E-state index in [0.717, 1.165) is 43.0 Å². The predicted molar refractivity (Wildman–Crippen MR) is 120 cm³/mol. The van der Waals surface area contributed by atoms with Crippen molar-refractivity contribution < 1.29 is 14.3 Å². The Balaban J connectivity index is 1.27. The lowest BCUT2D eigenvalue weighted by molar-refractivity contribution is -0.122. The van der Waals surface area contributed by atoms with Crippen LogP contribution in [-0.2, 0) is 16.1 Å². The van der Waals surface area contributed by atoms with Crippen LogP contribution >= 0.6 is 0 Å². The molecule has 3 aliphatic rings. The number of nitrogens with one attached hydrogen (secondary N) is 2. The van der Waals surface area contributed by atoms with Gasteiger partial charge in [0.15, 0.2) is 5.96 Å². The Bertz CT molecular complexity index is 859. The molecule has 0 aromatic heterocycles. The fourth-order valence-corrected chi connectivity index (χ4v) is 4.08. The highest BCUT2D eigenvalue weighted by Gasteiger charge is 2.36. The predicted octanol–water partition coefficient (Wildman–Crippen LogP) is 2.81. The van der Waals surface area contributed by atoms with Crippen LogP contribution in [0.25, 0.3) is 0 Å². The van der Waals surface area contributed by atoms with Crippen LogP contribution in [0.1, 0.15) is 45.6 Å². The molecule has 2 fully saturated rings. The first kappa shape index (κ1) is 21.5. The molecule has 168 valence electrons. The summed E-state index contributed by atoms with van der Waals surface area (Å²) in [5.41, 5.74) is 1.44. The van der Waals surface area contributed by atoms with Crippen LogP contribution in [0.4, 0.5) is 10.5 Å². The molecule has 1 atom stereocenters. The van der Waals surface area contributed by atoms with Crippen molar-refractivity contribution in [2.75, 3.05) is 31.5 Å². The number of carbonyl (C=O) groups is 2. The van der Waals surface area contributed by atoms with Gasteiger partial charge in [0.2, 0.25) is 5.91 Å². The summed E-state index contributed by atoms with van der Waals surface area (Å²) in [4.78, 5) is 33.2. The summed E-state index contributed by atoms with van der Waals surface area (Å²) in [7, 11) is 0. The van der Waals surface area contributed by atoms with E-state index in [1.54, 1.807) is 4.90 Å². The molecule has 1 unspecified atom stereocenters. The molecule has 2 aliphatic heterocycles. The molecule has 1 saturated carbocycles. The van der Waals surface area contributed by atoms with E-state index in [-0.39, 0.29) is 24.0 Å². The Kier molecular flexibility index (Phi) is 6.07. The van der Waals surface area contributed by atoms with Gasteiger partial charge in [0.05, 0.1) is 12.6 Å². The number of guanidine groups is 1. The van der Waals surface area contributed by atoms with E-state index in [0.29, 0.717) is 26.2 Å². The second kappa shape index (κ2) is 8.77. The Morgan fingerprint density at radius 2 is 2.03 bits per heavy atom. The first-order valence-electron chi connectivity index (χ1n) is 11.2. The Labute approximate surface area is 184 Å². The Hall–Kier alpha value is -2.77. The van der Waals surface area contributed by atoms with Crippen LogP contribution in [0.3, 0.4) is 0 Å². The van der Waals surface area contributed by atoms with Gasteiger partial charge >= 0.3 is 6.09 Å². The van der Waals surface area contributed by atoms with Gasteiger partial charge in [-0.2, -0.15) is 0 Å². The number of aliphatic imine (C=N–C) groups is 1. The molecule has 0 bridgehead atoms. The van der Waals surface area contributed by atoms with Crippen molar-refractivity contribution in [3.63, 3.8) is 0 Å². The third-order valence-electron chi connectivity index (χ3n) is 5.98. The molecule has 8 nitrogen and oxygen atoms in total. The largest absolute Gasteiger partial charge is 0.444 e. The highest BCUT2D eigenvalue weighted by atomic mass is 16.6. The van der Waals surface area contributed by atoms with Crippen LogP contribution in [0.5, 0.6) is 0 Å². The monoisotopic (exact) mass is 427 g/mol. The Morgan fingerprint density at radius 3 is 2.74 bits per heavy atom. The number of amides is 2. The third kappa shape index (κ3) is 5.29. The molecule has 2 amide bonds. The molecule has 1 aromatic rings. The van der Waals surface area contributed by atoms with Crippen LogP contribution in [-0.4, -0.2) is 65.6 Å². The van der Waals surface area contributed by atoms with Gasteiger partial charge in [0, 0.05) is 37.8 Å². The molecule has 0 spiro atoms. The summed E-state index contributed by atoms with van der Waals surface area (Å²) in [6.45, 7) is 8.92. The van der Waals surface area contributed by atoms with Crippen LogP contribution in [0, 0.1) is 5.92 Å². The third-order valence-corrected chi connectivity index (χ3v) is 5.98. The molecule has 4 rings (SSSR count). The number of nitrogens with zero attached hydrogens (tertiary/aromatic N) is 3. The standard InChI is InChI=1S/C23H33N5O3/c1-23(2,3)31-22(30)27-10-11-28-19(15-27)14-25-21(28)24-13-16-6-4-9-18(12-16)26-20(29)17-7-5-8-17/h4,6,9,12,17,19H,5,7-8,10-11,13-15H2,1-3H3,(H,24,25)(H,26,29). The minimum atomic E-state index is -0.487. The number of anilines is 1. The molecule has 1 saturated heterocycles. The van der Waals surface area contributed by atoms with Gasteiger partial charge in [0.25, 0.3) is 0 Å². The zero-order chi connectivity index (χ0) is 22.0. The minimum absolute atomic E-state index is 0.127. The lowest BCUT2D eigenvalue weighted by Crippen LogP contribution is -2.57. The molecular formula is C23H33N5O3. The summed E-state index contributed by atoms with van der Waals surface area (Å²) in [6.07, 6.45) is 2.89.